The number of nitrogens with one attached hydrogen (secondary N) is 1. The van der Waals surface area contributed by atoms with Crippen LogP contribution >= 0.6 is 11.5 Å². The van der Waals surface area contributed by atoms with Crippen LogP contribution in [0.15, 0.2) is 12.1 Å². The van der Waals surface area contributed by atoms with Gasteiger partial charge in [0, 0.05) is 18.4 Å². The molecule has 25 heavy (non-hydrogen) atoms. The Morgan fingerprint density at radius 2 is 2.28 bits per heavy atom. The standard InChI is InChI=1S/C17H18FN3O3S/c1-3-10-12(20-16(22)15(10)18)4-5-24-17-11-7-13(23-2)9(8-19)6-14(11)25-21-17/h6-7,10,12,15H,3-5H2,1-2H3,(H,20,22)/t10-,12+,15-/m0/s1. The number of carbonyl (C=O) groups excluding carboxylic acids is 1. The summed E-state index contributed by atoms with van der Waals surface area (Å²) in [5.41, 5.74) is 0.443. The van der Waals surface area contributed by atoms with Crippen molar-refractivity contribution in [2.75, 3.05) is 13.7 Å². The molecular formula is C17H18FN3O3S. The van der Waals surface area contributed by atoms with Crippen LogP contribution in [0.4, 0.5) is 4.39 Å². The van der Waals surface area contributed by atoms with Gasteiger partial charge in [0.25, 0.3) is 5.91 Å². The normalized spacial score (nSPS) is 22.6. The van der Waals surface area contributed by atoms with E-state index in [2.05, 4.69) is 15.8 Å². The second-order valence-electron chi connectivity index (χ2n) is 5.87. The van der Waals surface area contributed by atoms with Gasteiger partial charge in [0.2, 0.25) is 5.88 Å². The Kier molecular flexibility index (Phi) is 5.04. The highest BCUT2D eigenvalue weighted by molar-refractivity contribution is 7.13. The van der Waals surface area contributed by atoms with Crippen molar-refractivity contribution < 1.29 is 18.7 Å². The molecule has 1 aromatic heterocycles. The van der Waals surface area contributed by atoms with Crippen molar-refractivity contribution in [2.45, 2.75) is 32.0 Å². The number of ether oxygens (including phenoxy) is 2. The predicted molar refractivity (Wildman–Crippen MR) is 91.6 cm³/mol. The fourth-order valence-corrected chi connectivity index (χ4v) is 3.88. The zero-order valence-corrected chi connectivity index (χ0v) is 14.7. The average molecular weight is 363 g/mol. The number of rotatable bonds is 6. The summed E-state index contributed by atoms with van der Waals surface area (Å²) in [4.78, 5) is 11.5. The average Bonchev–Trinajstić information content (AvgIpc) is 3.14. The van der Waals surface area contributed by atoms with Gasteiger partial charge in [-0.05, 0) is 30.1 Å². The first-order chi connectivity index (χ1) is 12.1. The Bertz CT molecular complexity index is 832. The first kappa shape index (κ1) is 17.4. The molecule has 0 spiro atoms. The number of hydrogen-bond acceptors (Lipinski definition) is 6. The molecule has 0 unspecified atom stereocenters. The lowest BCUT2D eigenvalue weighted by atomic mass is 9.94. The van der Waals surface area contributed by atoms with E-state index in [9.17, 15) is 9.18 Å². The van der Waals surface area contributed by atoms with Gasteiger partial charge in [0.05, 0.1) is 29.4 Å². The first-order valence-corrected chi connectivity index (χ1v) is 8.81. The van der Waals surface area contributed by atoms with Gasteiger partial charge in [-0.3, -0.25) is 4.79 Å². The fraction of sp³-hybridized carbons (Fsp3) is 0.471. The maximum absolute atomic E-state index is 13.8. The van der Waals surface area contributed by atoms with Crippen LogP contribution in [-0.2, 0) is 4.79 Å². The van der Waals surface area contributed by atoms with E-state index in [0.717, 1.165) is 10.1 Å². The van der Waals surface area contributed by atoms with Crippen LogP contribution in [0.25, 0.3) is 10.1 Å². The van der Waals surface area contributed by atoms with Crippen LogP contribution in [0.2, 0.25) is 0 Å². The van der Waals surface area contributed by atoms with Crippen LogP contribution < -0.4 is 14.8 Å². The number of nitrogens with zero attached hydrogens (tertiary/aromatic N) is 2. The van der Waals surface area contributed by atoms with Gasteiger partial charge in [-0.15, -0.1) is 0 Å². The zero-order chi connectivity index (χ0) is 18.0. The first-order valence-electron chi connectivity index (χ1n) is 8.03. The summed E-state index contributed by atoms with van der Waals surface area (Å²) in [5.74, 6) is 0.0673. The molecule has 0 radical (unpaired) electrons. The molecule has 0 saturated carbocycles. The molecule has 8 heteroatoms. The molecule has 1 amide bonds. The number of benzene rings is 1. The van der Waals surface area contributed by atoms with E-state index in [0.29, 0.717) is 36.6 Å². The molecule has 0 bridgehead atoms. The van der Waals surface area contributed by atoms with Crippen molar-refractivity contribution in [3.8, 4) is 17.7 Å². The second kappa shape index (κ2) is 7.23. The fourth-order valence-electron chi connectivity index (χ4n) is 3.13. The third-order valence-corrected chi connectivity index (χ3v) is 5.28. The number of halogens is 1. The van der Waals surface area contributed by atoms with Crippen LogP contribution in [0, 0.1) is 17.2 Å². The van der Waals surface area contributed by atoms with Crippen molar-refractivity contribution in [1.29, 1.82) is 5.26 Å². The molecule has 1 saturated heterocycles. The molecule has 3 atom stereocenters. The van der Waals surface area contributed by atoms with Crippen molar-refractivity contribution in [2.24, 2.45) is 5.92 Å². The van der Waals surface area contributed by atoms with E-state index in [1.165, 1.54) is 18.6 Å². The van der Waals surface area contributed by atoms with Gasteiger partial charge in [0.15, 0.2) is 6.17 Å². The minimum absolute atomic E-state index is 0.225. The highest BCUT2D eigenvalue weighted by Gasteiger charge is 2.41. The Morgan fingerprint density at radius 3 is 2.96 bits per heavy atom. The SMILES string of the molecule is CC[C@@H]1[C@H](F)C(=O)N[C@@H]1CCOc1nsc2cc(C#N)c(OC)cc12. The lowest BCUT2D eigenvalue weighted by Gasteiger charge is -2.17. The summed E-state index contributed by atoms with van der Waals surface area (Å²) in [6.07, 6.45) is -0.334. The minimum Gasteiger partial charge on any atom is -0.495 e. The van der Waals surface area contributed by atoms with E-state index in [4.69, 9.17) is 14.7 Å². The predicted octanol–water partition coefficient (Wildman–Crippen LogP) is 2.81. The summed E-state index contributed by atoms with van der Waals surface area (Å²) in [6, 6.07) is 5.31. The Balaban J connectivity index is 1.70. The molecule has 1 aliphatic heterocycles. The summed E-state index contributed by atoms with van der Waals surface area (Å²) >= 11 is 1.24. The van der Waals surface area contributed by atoms with Crippen molar-refractivity contribution in [3.63, 3.8) is 0 Å². The number of alkyl halides is 1. The van der Waals surface area contributed by atoms with Crippen molar-refractivity contribution in [3.05, 3.63) is 17.7 Å². The van der Waals surface area contributed by atoms with Gasteiger partial charge >= 0.3 is 0 Å². The molecule has 2 aromatic rings. The van der Waals surface area contributed by atoms with E-state index in [1.807, 2.05) is 6.92 Å². The maximum Gasteiger partial charge on any atom is 0.255 e. The van der Waals surface area contributed by atoms with Gasteiger partial charge < -0.3 is 14.8 Å². The third-order valence-electron chi connectivity index (χ3n) is 4.49. The summed E-state index contributed by atoms with van der Waals surface area (Å²) in [7, 11) is 1.50. The number of aromatic nitrogens is 1. The molecule has 2 heterocycles. The second-order valence-corrected chi connectivity index (χ2v) is 6.68. The zero-order valence-electron chi connectivity index (χ0n) is 13.9. The summed E-state index contributed by atoms with van der Waals surface area (Å²) in [6.45, 7) is 2.19. The molecule has 0 aliphatic carbocycles. The van der Waals surface area contributed by atoms with Crippen LogP contribution in [0.3, 0.4) is 0 Å². The number of methoxy groups -OCH3 is 1. The quantitative estimate of drug-likeness (QED) is 0.853. The van der Waals surface area contributed by atoms with Gasteiger partial charge in [-0.25, -0.2) is 4.39 Å². The van der Waals surface area contributed by atoms with Gasteiger partial charge in [0.1, 0.15) is 11.8 Å². The van der Waals surface area contributed by atoms with Crippen molar-refractivity contribution >= 4 is 27.5 Å². The molecule has 3 rings (SSSR count). The van der Waals surface area contributed by atoms with Gasteiger partial charge in [-0.2, -0.15) is 9.64 Å². The van der Waals surface area contributed by atoms with E-state index < -0.39 is 12.1 Å². The van der Waals surface area contributed by atoms with E-state index >= 15 is 0 Å². The molecule has 1 aromatic carbocycles. The number of hydrogen-bond donors (Lipinski definition) is 1. The molecule has 1 fully saturated rings. The Labute approximate surface area is 148 Å². The molecule has 1 aliphatic rings. The Morgan fingerprint density at radius 1 is 1.48 bits per heavy atom. The van der Waals surface area contributed by atoms with Crippen LogP contribution in [0.1, 0.15) is 25.3 Å². The molecule has 1 N–H and O–H groups in total. The van der Waals surface area contributed by atoms with Crippen molar-refractivity contribution in [1.82, 2.24) is 9.69 Å². The lowest BCUT2D eigenvalue weighted by molar-refractivity contribution is -0.123. The summed E-state index contributed by atoms with van der Waals surface area (Å²) < 4.78 is 29.9. The molecule has 6 nitrogen and oxygen atoms in total. The molecule has 132 valence electrons. The number of carbonyl (C=O) groups is 1. The van der Waals surface area contributed by atoms with Crippen LogP contribution in [0.5, 0.6) is 11.6 Å². The molecular weight excluding hydrogens is 345 g/mol. The number of amides is 1. The van der Waals surface area contributed by atoms with E-state index in [1.54, 1.807) is 12.1 Å². The maximum atomic E-state index is 13.8. The minimum atomic E-state index is -1.44. The number of fused-ring (bicyclic) bond motifs is 1. The third kappa shape index (κ3) is 3.24. The topological polar surface area (TPSA) is 84.2 Å². The highest BCUT2D eigenvalue weighted by atomic mass is 32.1. The highest BCUT2D eigenvalue weighted by Crippen LogP contribution is 2.34. The van der Waals surface area contributed by atoms with Crippen LogP contribution in [-0.4, -0.2) is 36.2 Å². The summed E-state index contributed by atoms with van der Waals surface area (Å²) in [5, 5.41) is 12.6. The van der Waals surface area contributed by atoms with Gasteiger partial charge in [-0.1, -0.05) is 6.92 Å². The lowest BCUT2D eigenvalue weighted by Crippen LogP contribution is -2.30. The Hall–Kier alpha value is -2.40. The smallest absolute Gasteiger partial charge is 0.255 e. The van der Waals surface area contributed by atoms with E-state index in [-0.39, 0.29) is 12.0 Å². The largest absolute Gasteiger partial charge is 0.495 e. The monoisotopic (exact) mass is 363 g/mol. The number of nitriles is 1.